The Bertz CT molecular complexity index is 465. The van der Waals surface area contributed by atoms with Crippen molar-refractivity contribution in [2.24, 2.45) is 5.92 Å². The lowest BCUT2D eigenvalue weighted by atomic mass is 10.0. The van der Waals surface area contributed by atoms with Crippen LogP contribution in [0.1, 0.15) is 31.3 Å². The van der Waals surface area contributed by atoms with Gasteiger partial charge < -0.3 is 9.67 Å². The molecule has 2 aromatic heterocycles. The molecule has 90 valence electrons. The van der Waals surface area contributed by atoms with Gasteiger partial charge in [0.2, 0.25) is 0 Å². The predicted octanol–water partition coefficient (Wildman–Crippen LogP) is 2.02. The molecule has 0 spiro atoms. The van der Waals surface area contributed by atoms with Crippen LogP contribution in [0.2, 0.25) is 0 Å². The SMILES string of the molecule is CC(C)C(O)c1ccn(Cc2ncccn2)c1. The van der Waals surface area contributed by atoms with Crippen molar-refractivity contribution >= 4 is 0 Å². The van der Waals surface area contributed by atoms with Crippen molar-refractivity contribution < 1.29 is 5.11 Å². The molecule has 0 amide bonds. The fourth-order valence-electron chi connectivity index (χ4n) is 1.69. The Morgan fingerprint density at radius 3 is 2.65 bits per heavy atom. The zero-order valence-electron chi connectivity index (χ0n) is 10.1. The molecule has 0 bridgehead atoms. The van der Waals surface area contributed by atoms with Crippen molar-refractivity contribution in [2.75, 3.05) is 0 Å². The maximum atomic E-state index is 9.93. The molecule has 4 heteroatoms. The lowest BCUT2D eigenvalue weighted by Gasteiger charge is -2.12. The van der Waals surface area contributed by atoms with E-state index >= 15 is 0 Å². The molecule has 1 N–H and O–H groups in total. The minimum absolute atomic E-state index is 0.221. The van der Waals surface area contributed by atoms with Gasteiger partial charge in [0.1, 0.15) is 5.82 Å². The summed E-state index contributed by atoms with van der Waals surface area (Å²) in [7, 11) is 0. The highest BCUT2D eigenvalue weighted by molar-refractivity contribution is 5.14. The van der Waals surface area contributed by atoms with E-state index in [-0.39, 0.29) is 5.92 Å². The molecular weight excluding hydrogens is 214 g/mol. The molecule has 0 radical (unpaired) electrons. The maximum absolute atomic E-state index is 9.93. The van der Waals surface area contributed by atoms with E-state index < -0.39 is 6.10 Å². The van der Waals surface area contributed by atoms with Crippen LogP contribution in [0.25, 0.3) is 0 Å². The molecule has 2 aromatic rings. The first-order valence-electron chi connectivity index (χ1n) is 5.76. The molecule has 0 saturated heterocycles. The number of rotatable bonds is 4. The van der Waals surface area contributed by atoms with E-state index in [1.165, 1.54) is 0 Å². The molecule has 17 heavy (non-hydrogen) atoms. The van der Waals surface area contributed by atoms with Crippen LogP contribution in [0, 0.1) is 5.92 Å². The molecule has 0 aliphatic carbocycles. The van der Waals surface area contributed by atoms with Crippen LogP contribution in [0.3, 0.4) is 0 Å². The van der Waals surface area contributed by atoms with Crippen LogP contribution in [0.5, 0.6) is 0 Å². The lowest BCUT2D eigenvalue weighted by molar-refractivity contribution is 0.127. The maximum Gasteiger partial charge on any atom is 0.147 e. The van der Waals surface area contributed by atoms with E-state index in [0.29, 0.717) is 6.54 Å². The van der Waals surface area contributed by atoms with Crippen LogP contribution in [0.15, 0.2) is 36.9 Å². The number of aliphatic hydroxyl groups is 1. The monoisotopic (exact) mass is 231 g/mol. The van der Waals surface area contributed by atoms with Crippen LogP contribution >= 0.6 is 0 Å². The molecule has 1 atom stereocenters. The van der Waals surface area contributed by atoms with Crippen molar-refractivity contribution in [1.82, 2.24) is 14.5 Å². The van der Waals surface area contributed by atoms with Crippen molar-refractivity contribution in [3.05, 3.63) is 48.3 Å². The summed E-state index contributed by atoms with van der Waals surface area (Å²) in [6, 6.07) is 3.74. The zero-order chi connectivity index (χ0) is 12.3. The smallest absolute Gasteiger partial charge is 0.147 e. The third-order valence-corrected chi connectivity index (χ3v) is 2.69. The van der Waals surface area contributed by atoms with Crippen LogP contribution < -0.4 is 0 Å². The molecular formula is C13H17N3O. The standard InChI is InChI=1S/C13H17N3O/c1-10(2)13(17)11-4-7-16(8-11)9-12-14-5-3-6-15-12/h3-8,10,13,17H,9H2,1-2H3. The van der Waals surface area contributed by atoms with Gasteiger partial charge in [0, 0.05) is 24.8 Å². The molecule has 2 rings (SSSR count). The highest BCUT2D eigenvalue weighted by Crippen LogP contribution is 2.21. The van der Waals surface area contributed by atoms with Gasteiger partial charge in [-0.2, -0.15) is 0 Å². The summed E-state index contributed by atoms with van der Waals surface area (Å²) in [6.45, 7) is 4.64. The predicted molar refractivity (Wildman–Crippen MR) is 65.4 cm³/mol. The highest BCUT2D eigenvalue weighted by Gasteiger charge is 2.13. The Balaban J connectivity index is 2.09. The van der Waals surface area contributed by atoms with Gasteiger partial charge >= 0.3 is 0 Å². The second-order valence-electron chi connectivity index (χ2n) is 4.47. The zero-order valence-corrected chi connectivity index (χ0v) is 10.1. The third kappa shape index (κ3) is 2.91. The minimum Gasteiger partial charge on any atom is -0.388 e. The number of aromatic nitrogens is 3. The van der Waals surface area contributed by atoms with E-state index in [1.54, 1.807) is 18.5 Å². The van der Waals surface area contributed by atoms with Crippen molar-refractivity contribution in [3.8, 4) is 0 Å². The second kappa shape index (κ2) is 5.10. The first-order valence-corrected chi connectivity index (χ1v) is 5.76. The summed E-state index contributed by atoms with van der Waals surface area (Å²) in [4.78, 5) is 8.34. The molecule has 0 fully saturated rings. The average molecular weight is 231 g/mol. The van der Waals surface area contributed by atoms with Gasteiger partial charge in [0.15, 0.2) is 0 Å². The summed E-state index contributed by atoms with van der Waals surface area (Å²) in [5.74, 6) is 0.993. The van der Waals surface area contributed by atoms with Crippen LogP contribution in [-0.2, 0) is 6.54 Å². The summed E-state index contributed by atoms with van der Waals surface area (Å²) < 4.78 is 1.98. The van der Waals surface area contributed by atoms with Crippen molar-refractivity contribution in [3.63, 3.8) is 0 Å². The molecule has 0 saturated carbocycles. The number of nitrogens with zero attached hydrogens (tertiary/aromatic N) is 3. The summed E-state index contributed by atoms with van der Waals surface area (Å²) in [5.41, 5.74) is 0.941. The Hall–Kier alpha value is -1.68. The fraction of sp³-hybridized carbons (Fsp3) is 0.385. The fourth-order valence-corrected chi connectivity index (χ4v) is 1.69. The first kappa shape index (κ1) is 11.8. The number of aliphatic hydroxyl groups excluding tert-OH is 1. The van der Waals surface area contributed by atoms with Gasteiger partial charge in [-0.3, -0.25) is 0 Å². The van der Waals surface area contributed by atoms with Crippen molar-refractivity contribution in [1.29, 1.82) is 0 Å². The largest absolute Gasteiger partial charge is 0.388 e. The number of hydrogen-bond donors (Lipinski definition) is 1. The third-order valence-electron chi connectivity index (χ3n) is 2.69. The van der Waals surface area contributed by atoms with E-state index in [9.17, 15) is 5.11 Å². The first-order chi connectivity index (χ1) is 8.16. The Kier molecular flexibility index (Phi) is 3.54. The van der Waals surface area contributed by atoms with E-state index in [1.807, 2.05) is 36.9 Å². The topological polar surface area (TPSA) is 50.9 Å². The summed E-state index contributed by atoms with van der Waals surface area (Å²) in [5, 5.41) is 9.93. The quantitative estimate of drug-likeness (QED) is 0.875. The molecule has 2 heterocycles. The van der Waals surface area contributed by atoms with E-state index in [4.69, 9.17) is 0 Å². The minimum atomic E-state index is -0.409. The molecule has 0 aliphatic heterocycles. The highest BCUT2D eigenvalue weighted by atomic mass is 16.3. The van der Waals surface area contributed by atoms with Crippen LogP contribution in [-0.4, -0.2) is 19.6 Å². The lowest BCUT2D eigenvalue weighted by Crippen LogP contribution is -2.05. The average Bonchev–Trinajstić information content (AvgIpc) is 2.77. The Morgan fingerprint density at radius 2 is 2.00 bits per heavy atom. The van der Waals surface area contributed by atoms with Gasteiger partial charge in [0.25, 0.3) is 0 Å². The van der Waals surface area contributed by atoms with Gasteiger partial charge in [-0.15, -0.1) is 0 Å². The second-order valence-corrected chi connectivity index (χ2v) is 4.47. The Labute approximate surface area is 101 Å². The van der Waals surface area contributed by atoms with Gasteiger partial charge in [0.05, 0.1) is 12.6 Å². The van der Waals surface area contributed by atoms with Gasteiger partial charge in [-0.25, -0.2) is 9.97 Å². The van der Waals surface area contributed by atoms with Gasteiger partial charge in [-0.1, -0.05) is 13.8 Å². The molecule has 1 unspecified atom stereocenters. The summed E-state index contributed by atoms with van der Waals surface area (Å²) >= 11 is 0. The molecule has 0 aliphatic rings. The van der Waals surface area contributed by atoms with Crippen molar-refractivity contribution in [2.45, 2.75) is 26.5 Å². The normalized spacial score (nSPS) is 12.9. The summed E-state index contributed by atoms with van der Waals surface area (Å²) in [6.07, 6.45) is 6.94. The molecule has 0 aromatic carbocycles. The van der Waals surface area contributed by atoms with Crippen LogP contribution in [0.4, 0.5) is 0 Å². The van der Waals surface area contributed by atoms with E-state index in [0.717, 1.165) is 11.4 Å². The van der Waals surface area contributed by atoms with Gasteiger partial charge in [-0.05, 0) is 23.6 Å². The number of hydrogen-bond acceptors (Lipinski definition) is 3. The Morgan fingerprint density at radius 1 is 1.29 bits per heavy atom. The molecule has 4 nitrogen and oxygen atoms in total. The van der Waals surface area contributed by atoms with E-state index in [2.05, 4.69) is 9.97 Å².